The Morgan fingerprint density at radius 3 is 2.63 bits per heavy atom. The van der Waals surface area contributed by atoms with Gasteiger partial charge in [-0.05, 0) is 25.7 Å². The fourth-order valence-electron chi connectivity index (χ4n) is 1.96. The van der Waals surface area contributed by atoms with Crippen LogP contribution >= 0.6 is 0 Å². The molecule has 108 valence electrons. The van der Waals surface area contributed by atoms with E-state index in [0.29, 0.717) is 11.8 Å². The van der Waals surface area contributed by atoms with Crippen LogP contribution in [-0.2, 0) is 6.42 Å². The van der Waals surface area contributed by atoms with Gasteiger partial charge in [0, 0.05) is 19.0 Å². The molecule has 4 nitrogen and oxygen atoms in total. The highest BCUT2D eigenvalue weighted by Gasteiger charge is 2.07. The summed E-state index contributed by atoms with van der Waals surface area (Å²) in [6.45, 7) is 10.2. The van der Waals surface area contributed by atoms with Gasteiger partial charge in [-0.25, -0.2) is 4.98 Å². The Balaban J connectivity index is 2.69. The lowest BCUT2D eigenvalue weighted by Gasteiger charge is -2.13. The second-order valence-electron chi connectivity index (χ2n) is 4.99. The van der Waals surface area contributed by atoms with Crippen molar-refractivity contribution in [3.63, 3.8) is 0 Å². The Morgan fingerprint density at radius 2 is 2.00 bits per heavy atom. The normalized spacial score (nSPS) is 12.2. The maximum absolute atomic E-state index is 5.80. The summed E-state index contributed by atoms with van der Waals surface area (Å²) in [6.07, 6.45) is 4.31. The van der Waals surface area contributed by atoms with Crippen molar-refractivity contribution in [3.05, 3.63) is 11.9 Å². The molecule has 0 fully saturated rings. The molecule has 1 unspecified atom stereocenters. The molecule has 0 aromatic carbocycles. The van der Waals surface area contributed by atoms with E-state index in [1.165, 1.54) is 12.8 Å². The van der Waals surface area contributed by atoms with Crippen LogP contribution in [0.4, 0.5) is 5.82 Å². The molecule has 1 atom stereocenters. The highest BCUT2D eigenvalue weighted by Crippen LogP contribution is 2.16. The second kappa shape index (κ2) is 8.73. The molecular formula is C15H27N3O. The van der Waals surface area contributed by atoms with Gasteiger partial charge in [0.05, 0.1) is 6.61 Å². The topological polar surface area (TPSA) is 47.0 Å². The number of hydrogen-bond acceptors (Lipinski definition) is 4. The molecule has 0 aliphatic rings. The highest BCUT2D eigenvalue weighted by atomic mass is 16.5. The van der Waals surface area contributed by atoms with E-state index in [9.17, 15) is 0 Å². The summed E-state index contributed by atoms with van der Waals surface area (Å²) in [5, 5.41) is 3.23. The van der Waals surface area contributed by atoms with Gasteiger partial charge < -0.3 is 10.1 Å². The molecule has 1 heterocycles. The van der Waals surface area contributed by atoms with Gasteiger partial charge in [0.1, 0.15) is 11.6 Å². The first-order chi connectivity index (χ1) is 9.19. The van der Waals surface area contributed by atoms with E-state index in [0.717, 1.165) is 37.6 Å². The van der Waals surface area contributed by atoms with Crippen molar-refractivity contribution in [3.8, 4) is 5.88 Å². The number of ether oxygens (including phenoxy) is 1. The van der Waals surface area contributed by atoms with Crippen molar-refractivity contribution >= 4 is 5.82 Å². The SMILES string of the molecule is CCCc1nc(NCC)cc(OCC(C)CCC)n1. The lowest BCUT2D eigenvalue weighted by atomic mass is 10.1. The molecule has 0 aliphatic heterocycles. The van der Waals surface area contributed by atoms with Crippen molar-refractivity contribution in [1.29, 1.82) is 0 Å². The Hall–Kier alpha value is -1.32. The van der Waals surface area contributed by atoms with Gasteiger partial charge in [0.15, 0.2) is 0 Å². The number of hydrogen-bond donors (Lipinski definition) is 1. The molecule has 4 heteroatoms. The number of anilines is 1. The molecule has 0 radical (unpaired) electrons. The van der Waals surface area contributed by atoms with Gasteiger partial charge in [-0.2, -0.15) is 4.98 Å². The van der Waals surface area contributed by atoms with Gasteiger partial charge >= 0.3 is 0 Å². The first kappa shape index (κ1) is 15.7. The van der Waals surface area contributed by atoms with Crippen LogP contribution < -0.4 is 10.1 Å². The van der Waals surface area contributed by atoms with Gasteiger partial charge in [-0.3, -0.25) is 0 Å². The number of rotatable bonds is 9. The number of nitrogens with one attached hydrogen (secondary N) is 1. The van der Waals surface area contributed by atoms with E-state index >= 15 is 0 Å². The van der Waals surface area contributed by atoms with E-state index in [2.05, 4.69) is 43.0 Å². The highest BCUT2D eigenvalue weighted by molar-refractivity contribution is 5.38. The zero-order valence-corrected chi connectivity index (χ0v) is 12.7. The third kappa shape index (κ3) is 5.90. The van der Waals surface area contributed by atoms with Crippen molar-refractivity contribution in [1.82, 2.24) is 9.97 Å². The Kier molecular flexibility index (Phi) is 7.23. The van der Waals surface area contributed by atoms with Crippen LogP contribution in [0.25, 0.3) is 0 Å². The summed E-state index contributed by atoms with van der Waals surface area (Å²) in [4.78, 5) is 8.94. The molecular weight excluding hydrogens is 238 g/mol. The van der Waals surface area contributed by atoms with Crippen molar-refractivity contribution in [2.45, 2.75) is 53.4 Å². The molecule has 0 saturated carbocycles. The number of nitrogens with zero attached hydrogens (tertiary/aromatic N) is 2. The van der Waals surface area contributed by atoms with Gasteiger partial charge in [0.2, 0.25) is 5.88 Å². The summed E-state index contributed by atoms with van der Waals surface area (Å²) >= 11 is 0. The quantitative estimate of drug-likeness (QED) is 0.740. The summed E-state index contributed by atoms with van der Waals surface area (Å²) in [6, 6.07) is 1.89. The van der Waals surface area contributed by atoms with E-state index < -0.39 is 0 Å². The van der Waals surface area contributed by atoms with Crippen LogP contribution in [0.2, 0.25) is 0 Å². The average Bonchev–Trinajstić information content (AvgIpc) is 2.37. The first-order valence-electron chi connectivity index (χ1n) is 7.44. The summed E-state index contributed by atoms with van der Waals surface area (Å²) in [5.41, 5.74) is 0. The van der Waals surface area contributed by atoms with Gasteiger partial charge in [-0.1, -0.05) is 27.2 Å². The third-order valence-corrected chi connectivity index (χ3v) is 2.88. The van der Waals surface area contributed by atoms with Crippen molar-refractivity contribution in [2.75, 3.05) is 18.5 Å². The summed E-state index contributed by atoms with van der Waals surface area (Å²) in [7, 11) is 0. The predicted molar refractivity (Wildman–Crippen MR) is 79.8 cm³/mol. The second-order valence-corrected chi connectivity index (χ2v) is 4.99. The zero-order chi connectivity index (χ0) is 14.1. The van der Waals surface area contributed by atoms with Crippen molar-refractivity contribution < 1.29 is 4.74 Å². The maximum Gasteiger partial charge on any atom is 0.218 e. The molecule has 0 aliphatic carbocycles. The molecule has 0 spiro atoms. The third-order valence-electron chi connectivity index (χ3n) is 2.88. The summed E-state index contributed by atoms with van der Waals surface area (Å²) in [5.74, 6) is 2.98. The van der Waals surface area contributed by atoms with Crippen LogP contribution in [0.3, 0.4) is 0 Å². The number of aryl methyl sites for hydroxylation is 1. The van der Waals surface area contributed by atoms with E-state index in [1.807, 2.05) is 6.07 Å². The number of aromatic nitrogens is 2. The van der Waals surface area contributed by atoms with Crippen LogP contribution in [0, 0.1) is 5.92 Å². The van der Waals surface area contributed by atoms with E-state index in [-0.39, 0.29) is 0 Å². The maximum atomic E-state index is 5.80. The van der Waals surface area contributed by atoms with Crippen LogP contribution in [0.15, 0.2) is 6.07 Å². The molecule has 0 amide bonds. The molecule has 0 saturated heterocycles. The van der Waals surface area contributed by atoms with E-state index in [1.54, 1.807) is 0 Å². The summed E-state index contributed by atoms with van der Waals surface area (Å²) < 4.78 is 5.80. The van der Waals surface area contributed by atoms with Crippen LogP contribution in [0.1, 0.15) is 52.8 Å². The van der Waals surface area contributed by atoms with E-state index in [4.69, 9.17) is 4.74 Å². The minimum atomic E-state index is 0.567. The van der Waals surface area contributed by atoms with Gasteiger partial charge in [0.25, 0.3) is 0 Å². The first-order valence-corrected chi connectivity index (χ1v) is 7.44. The lowest BCUT2D eigenvalue weighted by Crippen LogP contribution is -2.11. The molecule has 1 aromatic rings. The molecule has 0 bridgehead atoms. The minimum Gasteiger partial charge on any atom is -0.477 e. The monoisotopic (exact) mass is 265 g/mol. The van der Waals surface area contributed by atoms with Crippen LogP contribution in [-0.4, -0.2) is 23.1 Å². The Morgan fingerprint density at radius 1 is 1.21 bits per heavy atom. The predicted octanol–water partition coefficient (Wildman–Crippen LogP) is 3.68. The molecule has 19 heavy (non-hydrogen) atoms. The average molecular weight is 265 g/mol. The molecule has 1 N–H and O–H groups in total. The van der Waals surface area contributed by atoms with Gasteiger partial charge in [-0.15, -0.1) is 0 Å². The largest absolute Gasteiger partial charge is 0.477 e. The molecule has 1 aromatic heterocycles. The Bertz CT molecular complexity index is 344. The van der Waals surface area contributed by atoms with Crippen LogP contribution in [0.5, 0.6) is 5.88 Å². The Labute approximate surface area is 117 Å². The zero-order valence-electron chi connectivity index (χ0n) is 12.7. The fourth-order valence-corrected chi connectivity index (χ4v) is 1.96. The van der Waals surface area contributed by atoms with Crippen molar-refractivity contribution in [2.24, 2.45) is 5.92 Å². The standard InChI is InChI=1S/C15H27N3O/c1-5-8-12(4)11-19-15-10-14(16-7-3)17-13(18-15)9-6-2/h10,12H,5-9,11H2,1-4H3,(H,16,17,18). The fraction of sp³-hybridized carbons (Fsp3) is 0.733. The molecule has 1 rings (SSSR count). The lowest BCUT2D eigenvalue weighted by molar-refractivity contribution is 0.242. The smallest absolute Gasteiger partial charge is 0.218 e. The minimum absolute atomic E-state index is 0.567.